The Morgan fingerprint density at radius 3 is 2.65 bits per heavy atom. The van der Waals surface area contributed by atoms with Gasteiger partial charge in [-0.05, 0) is 32.8 Å². The molecule has 0 N–H and O–H groups in total. The number of nitrogens with zero attached hydrogens (tertiary/aromatic N) is 2. The maximum atomic E-state index is 12.6. The van der Waals surface area contributed by atoms with Gasteiger partial charge in [-0.1, -0.05) is 0 Å². The van der Waals surface area contributed by atoms with E-state index in [1.54, 1.807) is 0 Å². The van der Waals surface area contributed by atoms with Gasteiger partial charge in [0, 0.05) is 18.8 Å². The monoisotopic (exact) mass is 244 g/mol. The van der Waals surface area contributed by atoms with E-state index in [0.29, 0.717) is 5.69 Å². The molecule has 0 radical (unpaired) electrons. The summed E-state index contributed by atoms with van der Waals surface area (Å²) in [6.45, 7) is 4.76. The number of aromatic nitrogens is 1. The zero-order valence-electron chi connectivity index (χ0n) is 9.88. The summed E-state index contributed by atoms with van der Waals surface area (Å²) < 4.78 is 37.9. The van der Waals surface area contributed by atoms with Crippen molar-refractivity contribution in [2.45, 2.75) is 38.9 Å². The molecule has 94 valence electrons. The van der Waals surface area contributed by atoms with Crippen LogP contribution in [0.1, 0.15) is 31.5 Å². The first-order chi connectivity index (χ1) is 7.89. The van der Waals surface area contributed by atoms with Gasteiger partial charge in [-0.3, -0.25) is 4.98 Å². The Hall–Kier alpha value is -1.26. The first kappa shape index (κ1) is 12.2. The van der Waals surface area contributed by atoms with Gasteiger partial charge in [0.05, 0.1) is 16.9 Å². The SMILES string of the molecule is CC(C)N1CCCc2ncc(C(F)(F)F)cc21. The number of hydrogen-bond donors (Lipinski definition) is 0. The van der Waals surface area contributed by atoms with E-state index < -0.39 is 11.7 Å². The van der Waals surface area contributed by atoms with Gasteiger partial charge in [0.1, 0.15) is 0 Å². The molecule has 2 heterocycles. The highest BCUT2D eigenvalue weighted by atomic mass is 19.4. The number of rotatable bonds is 1. The molecule has 1 aliphatic rings. The number of fused-ring (bicyclic) bond motifs is 1. The van der Waals surface area contributed by atoms with Crippen molar-refractivity contribution in [3.05, 3.63) is 23.5 Å². The molecule has 1 aliphatic heterocycles. The summed E-state index contributed by atoms with van der Waals surface area (Å²) in [7, 11) is 0. The van der Waals surface area contributed by atoms with Crippen molar-refractivity contribution < 1.29 is 13.2 Å². The summed E-state index contributed by atoms with van der Waals surface area (Å²) in [6.07, 6.45) is -1.68. The third-order valence-electron chi connectivity index (χ3n) is 3.02. The molecule has 0 aliphatic carbocycles. The van der Waals surface area contributed by atoms with Crippen LogP contribution in [-0.2, 0) is 12.6 Å². The highest BCUT2D eigenvalue weighted by Gasteiger charge is 2.33. The van der Waals surface area contributed by atoms with Crippen LogP contribution in [0.15, 0.2) is 12.3 Å². The second-order valence-corrected chi connectivity index (χ2v) is 4.58. The maximum Gasteiger partial charge on any atom is 0.417 e. The molecule has 0 amide bonds. The Kier molecular flexibility index (Phi) is 3.02. The molecule has 0 aromatic carbocycles. The van der Waals surface area contributed by atoms with Crippen LogP contribution in [0.25, 0.3) is 0 Å². The summed E-state index contributed by atoms with van der Waals surface area (Å²) in [5, 5.41) is 0. The number of pyridine rings is 1. The number of anilines is 1. The molecule has 5 heteroatoms. The predicted octanol–water partition coefficient (Wildman–Crippen LogP) is 3.26. The van der Waals surface area contributed by atoms with Gasteiger partial charge in [-0.25, -0.2) is 0 Å². The second-order valence-electron chi connectivity index (χ2n) is 4.58. The van der Waals surface area contributed by atoms with Crippen LogP contribution < -0.4 is 4.90 Å². The van der Waals surface area contributed by atoms with Crippen LogP contribution in [-0.4, -0.2) is 17.6 Å². The van der Waals surface area contributed by atoms with Crippen LogP contribution in [0.2, 0.25) is 0 Å². The normalized spacial score (nSPS) is 16.2. The third-order valence-corrected chi connectivity index (χ3v) is 3.02. The quantitative estimate of drug-likeness (QED) is 0.753. The van der Waals surface area contributed by atoms with Crippen LogP contribution in [0, 0.1) is 0 Å². The Morgan fingerprint density at radius 2 is 2.06 bits per heavy atom. The van der Waals surface area contributed by atoms with Crippen molar-refractivity contribution >= 4 is 5.69 Å². The lowest BCUT2D eigenvalue weighted by molar-refractivity contribution is -0.137. The summed E-state index contributed by atoms with van der Waals surface area (Å²) in [5.74, 6) is 0. The van der Waals surface area contributed by atoms with E-state index in [4.69, 9.17) is 0 Å². The second kappa shape index (κ2) is 4.20. The van der Waals surface area contributed by atoms with Gasteiger partial charge in [0.15, 0.2) is 0 Å². The molecule has 0 saturated heterocycles. The first-order valence-electron chi connectivity index (χ1n) is 5.72. The minimum absolute atomic E-state index is 0.194. The summed E-state index contributed by atoms with van der Waals surface area (Å²) >= 11 is 0. The van der Waals surface area contributed by atoms with E-state index in [9.17, 15) is 13.2 Å². The molecule has 0 atom stereocenters. The Morgan fingerprint density at radius 1 is 1.35 bits per heavy atom. The molecule has 0 spiro atoms. The fraction of sp³-hybridized carbons (Fsp3) is 0.583. The van der Waals surface area contributed by atoms with Crippen molar-refractivity contribution in [2.24, 2.45) is 0 Å². The molecular formula is C12H15F3N2. The highest BCUT2D eigenvalue weighted by molar-refractivity contribution is 5.55. The van der Waals surface area contributed by atoms with Gasteiger partial charge in [-0.2, -0.15) is 13.2 Å². The fourth-order valence-electron chi connectivity index (χ4n) is 2.15. The molecule has 1 aromatic rings. The lowest BCUT2D eigenvalue weighted by atomic mass is 10.0. The third kappa shape index (κ3) is 2.37. The Labute approximate surface area is 98.5 Å². The van der Waals surface area contributed by atoms with Crippen LogP contribution >= 0.6 is 0 Å². The van der Waals surface area contributed by atoms with Gasteiger partial charge < -0.3 is 4.90 Å². The van der Waals surface area contributed by atoms with Crippen molar-refractivity contribution in [1.29, 1.82) is 0 Å². The molecule has 0 fully saturated rings. The Bertz CT molecular complexity index is 413. The van der Waals surface area contributed by atoms with Crippen LogP contribution in [0.3, 0.4) is 0 Å². The molecule has 0 bridgehead atoms. The minimum atomic E-state index is -4.32. The molecule has 0 unspecified atom stereocenters. The summed E-state index contributed by atoms with van der Waals surface area (Å²) in [6, 6.07) is 1.42. The highest BCUT2D eigenvalue weighted by Crippen LogP contribution is 2.34. The fourth-order valence-corrected chi connectivity index (χ4v) is 2.15. The Balaban J connectivity index is 2.44. The number of hydrogen-bond acceptors (Lipinski definition) is 2. The molecule has 17 heavy (non-hydrogen) atoms. The number of aryl methyl sites for hydroxylation is 1. The standard InChI is InChI=1S/C12H15F3N2/c1-8(2)17-5-3-4-10-11(17)6-9(7-16-10)12(13,14)15/h6-8H,3-5H2,1-2H3. The lowest BCUT2D eigenvalue weighted by Gasteiger charge is -2.34. The summed E-state index contributed by atoms with van der Waals surface area (Å²) in [4.78, 5) is 5.94. The molecule has 2 nitrogen and oxygen atoms in total. The van der Waals surface area contributed by atoms with Crippen LogP contribution in [0.4, 0.5) is 18.9 Å². The van der Waals surface area contributed by atoms with Gasteiger partial charge in [-0.15, -0.1) is 0 Å². The number of alkyl halides is 3. The number of halogens is 3. The van der Waals surface area contributed by atoms with E-state index in [2.05, 4.69) is 4.98 Å². The molecule has 1 aromatic heterocycles. The lowest BCUT2D eigenvalue weighted by Crippen LogP contribution is -2.36. The van der Waals surface area contributed by atoms with Crippen molar-refractivity contribution in [3.63, 3.8) is 0 Å². The van der Waals surface area contributed by atoms with Gasteiger partial charge in [0.25, 0.3) is 0 Å². The molecule has 0 saturated carbocycles. The van der Waals surface area contributed by atoms with Crippen LogP contribution in [0.5, 0.6) is 0 Å². The van der Waals surface area contributed by atoms with Crippen molar-refractivity contribution in [3.8, 4) is 0 Å². The maximum absolute atomic E-state index is 12.6. The van der Waals surface area contributed by atoms with Gasteiger partial charge >= 0.3 is 6.18 Å². The molecular weight excluding hydrogens is 229 g/mol. The summed E-state index contributed by atoms with van der Waals surface area (Å²) in [5.41, 5.74) is 0.753. The van der Waals surface area contributed by atoms with E-state index in [1.807, 2.05) is 18.7 Å². The average molecular weight is 244 g/mol. The smallest absolute Gasteiger partial charge is 0.368 e. The van der Waals surface area contributed by atoms with E-state index in [-0.39, 0.29) is 6.04 Å². The van der Waals surface area contributed by atoms with Crippen molar-refractivity contribution in [2.75, 3.05) is 11.4 Å². The largest absolute Gasteiger partial charge is 0.417 e. The van der Waals surface area contributed by atoms with Crippen molar-refractivity contribution in [1.82, 2.24) is 4.98 Å². The molecule has 2 rings (SSSR count). The topological polar surface area (TPSA) is 16.1 Å². The van der Waals surface area contributed by atoms with E-state index in [0.717, 1.165) is 31.3 Å². The zero-order chi connectivity index (χ0) is 12.6. The van der Waals surface area contributed by atoms with E-state index in [1.165, 1.54) is 6.07 Å². The predicted molar refractivity (Wildman–Crippen MR) is 60.0 cm³/mol. The van der Waals surface area contributed by atoms with Gasteiger partial charge in [0.2, 0.25) is 0 Å². The average Bonchev–Trinajstić information content (AvgIpc) is 2.26. The minimum Gasteiger partial charge on any atom is -0.368 e. The zero-order valence-corrected chi connectivity index (χ0v) is 9.88. The van der Waals surface area contributed by atoms with E-state index >= 15 is 0 Å². The first-order valence-corrected chi connectivity index (χ1v) is 5.72.